The Balaban J connectivity index is 0.000000228. The van der Waals surface area contributed by atoms with Gasteiger partial charge in [0.15, 0.2) is 0 Å². The summed E-state index contributed by atoms with van der Waals surface area (Å²) in [7, 11) is 0. The number of hydrogen-bond donors (Lipinski definition) is 0. The number of furan rings is 1. The number of aromatic nitrogens is 3. The Labute approximate surface area is 307 Å². The van der Waals surface area contributed by atoms with E-state index in [0.717, 1.165) is 55.5 Å². The molecule has 0 unspecified atom stereocenters. The van der Waals surface area contributed by atoms with Crippen molar-refractivity contribution in [3.63, 3.8) is 0 Å². The summed E-state index contributed by atoms with van der Waals surface area (Å²) in [5, 5.41) is 7.22. The van der Waals surface area contributed by atoms with Crippen molar-refractivity contribution in [3.05, 3.63) is 176 Å². The molecule has 5 aromatic heterocycles. The molecule has 4 nitrogen and oxygen atoms in total. The fraction of sp³-hybridized carbons (Fsp3) is 0. The van der Waals surface area contributed by atoms with Gasteiger partial charge in [-0.05, 0) is 69.8 Å². The van der Waals surface area contributed by atoms with Gasteiger partial charge in [-0.25, -0.2) is 0 Å². The predicted molar refractivity (Wildman–Crippen MR) is 204 cm³/mol. The molecule has 0 aliphatic rings. The average Bonchev–Trinajstić information content (AvgIpc) is 3.84. The number of pyridine rings is 2. The van der Waals surface area contributed by atoms with Gasteiger partial charge in [0.05, 0.1) is 5.52 Å². The molecule has 11 rings (SSSR count). The van der Waals surface area contributed by atoms with Crippen LogP contribution in [0.5, 0.6) is 0 Å². The van der Waals surface area contributed by atoms with Gasteiger partial charge in [-0.3, -0.25) is 0 Å². The molecule has 0 fully saturated rings. The summed E-state index contributed by atoms with van der Waals surface area (Å²) in [5.41, 5.74) is 11.7. The van der Waals surface area contributed by atoms with Crippen LogP contribution in [0.25, 0.3) is 93.7 Å². The second-order valence-corrected chi connectivity index (χ2v) is 12.4. The van der Waals surface area contributed by atoms with Gasteiger partial charge in [-0.15, -0.1) is 59.7 Å². The van der Waals surface area contributed by atoms with Crippen LogP contribution in [0.2, 0.25) is 0 Å². The molecule has 0 bridgehead atoms. The molecule has 0 N–H and O–H groups in total. The zero-order valence-corrected chi connectivity index (χ0v) is 29.6. The first-order valence-electron chi connectivity index (χ1n) is 16.6. The van der Waals surface area contributed by atoms with E-state index in [1.165, 1.54) is 38.2 Å². The zero-order chi connectivity index (χ0) is 33.0. The van der Waals surface area contributed by atoms with E-state index in [2.05, 4.69) is 105 Å². The maximum atomic E-state index is 6.30. The maximum absolute atomic E-state index is 6.30. The van der Waals surface area contributed by atoms with Crippen LogP contribution in [0.3, 0.4) is 0 Å². The Hall–Kier alpha value is -6.13. The molecule has 0 saturated carbocycles. The monoisotopic (exact) mass is 830 g/mol. The molecule has 11 aromatic rings. The summed E-state index contributed by atoms with van der Waals surface area (Å²) in [5.74, 6) is 0. The largest absolute Gasteiger partial charge is 0.456 e. The smallest absolute Gasteiger partial charge is 0.137 e. The van der Waals surface area contributed by atoms with E-state index in [1.807, 2.05) is 79.0 Å². The number of hydrogen-bond acceptors (Lipinski definition) is 3. The normalized spacial score (nSPS) is 11.4. The molecular weight excluding hydrogens is 803 g/mol. The van der Waals surface area contributed by atoms with Crippen LogP contribution >= 0.6 is 0 Å². The Kier molecular flexibility index (Phi) is 7.66. The summed E-state index contributed by atoms with van der Waals surface area (Å²) in [6, 6.07) is 58.8. The Morgan fingerprint density at radius 2 is 1.16 bits per heavy atom. The van der Waals surface area contributed by atoms with Gasteiger partial charge in [-0.2, -0.15) is 0 Å². The van der Waals surface area contributed by atoms with Crippen molar-refractivity contribution in [2.45, 2.75) is 0 Å². The fourth-order valence-electron chi connectivity index (χ4n) is 7.24. The van der Waals surface area contributed by atoms with Crippen molar-refractivity contribution in [1.82, 2.24) is 14.4 Å². The van der Waals surface area contributed by atoms with Crippen molar-refractivity contribution in [2.75, 3.05) is 0 Å². The first-order chi connectivity index (χ1) is 24.8. The molecule has 51 heavy (non-hydrogen) atoms. The standard InChI is InChI=1S/C35H19N2O.C11H8N.Ir/c1-2-8-21(9-3-1)23-17-28-25-16-22(30-11-6-7-15-36-30)13-14-31(25)37-32-20-34-27(19-26(32)29(18-23)35(28)37)24-10-4-5-12-33(24)38-34;1-2-6-10(7-3-1)11-8-4-5-9-12-11;/h1-12,14-20H;1-6,8-9H;/q2*-1;. The molecule has 0 atom stereocenters. The minimum atomic E-state index is 0. The summed E-state index contributed by atoms with van der Waals surface area (Å²) < 4.78 is 8.69. The van der Waals surface area contributed by atoms with Crippen LogP contribution in [-0.2, 0) is 20.1 Å². The third-order valence-electron chi connectivity index (χ3n) is 9.52. The third kappa shape index (κ3) is 5.18. The second-order valence-electron chi connectivity index (χ2n) is 12.4. The number of fused-ring (bicyclic) bond motifs is 9. The van der Waals surface area contributed by atoms with E-state index in [0.29, 0.717) is 0 Å². The van der Waals surface area contributed by atoms with Crippen LogP contribution in [0.1, 0.15) is 0 Å². The summed E-state index contributed by atoms with van der Waals surface area (Å²) >= 11 is 0. The minimum Gasteiger partial charge on any atom is -0.456 e. The van der Waals surface area contributed by atoms with Gasteiger partial charge in [0.2, 0.25) is 0 Å². The third-order valence-corrected chi connectivity index (χ3v) is 9.52. The van der Waals surface area contributed by atoms with Crippen LogP contribution < -0.4 is 0 Å². The topological polar surface area (TPSA) is 43.3 Å². The first-order valence-corrected chi connectivity index (χ1v) is 16.6. The summed E-state index contributed by atoms with van der Waals surface area (Å²) in [6.45, 7) is 0. The summed E-state index contributed by atoms with van der Waals surface area (Å²) in [6.07, 6.45) is 3.62. The maximum Gasteiger partial charge on any atom is 0.137 e. The van der Waals surface area contributed by atoms with Gasteiger partial charge in [-0.1, -0.05) is 78.2 Å². The molecular formula is C46H27IrN3O-2. The molecule has 243 valence electrons. The van der Waals surface area contributed by atoms with Crippen molar-refractivity contribution >= 4 is 60.0 Å². The van der Waals surface area contributed by atoms with Gasteiger partial charge in [0.25, 0.3) is 0 Å². The van der Waals surface area contributed by atoms with Crippen LogP contribution in [-0.4, -0.2) is 14.4 Å². The van der Waals surface area contributed by atoms with E-state index in [4.69, 9.17) is 4.42 Å². The summed E-state index contributed by atoms with van der Waals surface area (Å²) in [4.78, 5) is 8.80. The van der Waals surface area contributed by atoms with Gasteiger partial charge in [0.1, 0.15) is 11.2 Å². The molecule has 0 spiro atoms. The molecule has 0 aliphatic carbocycles. The number of nitrogens with zero attached hydrogens (tertiary/aromatic N) is 3. The fourth-order valence-corrected chi connectivity index (χ4v) is 7.24. The van der Waals surface area contributed by atoms with Gasteiger partial charge in [0, 0.05) is 65.6 Å². The molecule has 0 aliphatic heterocycles. The molecule has 6 aromatic carbocycles. The predicted octanol–water partition coefficient (Wildman–Crippen LogP) is 11.8. The SMILES string of the molecule is [Ir].[c-]1cc2c(cc1-c1ccccn1)c1cc(-c3ccccc3)cc3c4cc5c(cc4n2c13)oc1ccccc15.[c-]1ccccc1-c1ccccn1. The number of rotatable bonds is 3. The molecule has 1 radical (unpaired) electrons. The van der Waals surface area contributed by atoms with E-state index >= 15 is 0 Å². The first kappa shape index (κ1) is 30.9. The Bertz CT molecular complexity index is 2920. The number of benzene rings is 6. The van der Waals surface area contributed by atoms with Crippen LogP contribution in [0, 0.1) is 12.1 Å². The molecule has 0 amide bonds. The second kappa shape index (κ2) is 12.6. The van der Waals surface area contributed by atoms with Crippen LogP contribution in [0.15, 0.2) is 168 Å². The van der Waals surface area contributed by atoms with E-state index in [-0.39, 0.29) is 20.1 Å². The molecule has 0 saturated heterocycles. The average molecular weight is 830 g/mol. The van der Waals surface area contributed by atoms with Crippen molar-refractivity contribution in [1.29, 1.82) is 0 Å². The van der Waals surface area contributed by atoms with Crippen LogP contribution in [0.4, 0.5) is 0 Å². The zero-order valence-electron chi connectivity index (χ0n) is 27.2. The Morgan fingerprint density at radius 1 is 0.471 bits per heavy atom. The van der Waals surface area contributed by atoms with Gasteiger partial charge >= 0.3 is 0 Å². The quantitative estimate of drug-likeness (QED) is 0.167. The Morgan fingerprint density at radius 3 is 1.88 bits per heavy atom. The van der Waals surface area contributed by atoms with E-state index in [9.17, 15) is 0 Å². The molecule has 5 heterocycles. The molecule has 5 heteroatoms. The van der Waals surface area contributed by atoms with Gasteiger partial charge < -0.3 is 18.8 Å². The van der Waals surface area contributed by atoms with E-state index in [1.54, 1.807) is 6.20 Å². The van der Waals surface area contributed by atoms with E-state index < -0.39 is 0 Å². The van der Waals surface area contributed by atoms with Crippen molar-refractivity contribution in [2.24, 2.45) is 0 Å². The minimum absolute atomic E-state index is 0. The number of para-hydroxylation sites is 1. The van der Waals surface area contributed by atoms with Crippen molar-refractivity contribution in [3.8, 4) is 33.6 Å². The van der Waals surface area contributed by atoms with Crippen molar-refractivity contribution < 1.29 is 24.5 Å².